The Morgan fingerprint density at radius 3 is 0.905 bits per heavy atom. The van der Waals surface area contributed by atoms with Crippen LogP contribution in [-0.4, -0.2) is 24.6 Å². The normalized spacial score (nSPS) is 15.8. The quantitative estimate of drug-likeness (QED) is 0.272. The fourth-order valence-electron chi connectivity index (χ4n) is 2.73. The molecule has 0 fully saturated rings. The molecule has 120 valence electrons. The van der Waals surface area contributed by atoms with Gasteiger partial charge < -0.3 is 0 Å². The van der Waals surface area contributed by atoms with E-state index in [-0.39, 0.29) is 0 Å². The average Bonchev–Trinajstić information content (AvgIpc) is 2.48. The highest BCUT2D eigenvalue weighted by Gasteiger charge is 2.34. The van der Waals surface area contributed by atoms with Gasteiger partial charge >= 0.3 is 0 Å². The third kappa shape index (κ3) is 10.7. The summed E-state index contributed by atoms with van der Waals surface area (Å²) >= 11 is 0. The molecular weight excluding hydrogens is 271 g/mol. The van der Waals surface area contributed by atoms with Crippen molar-refractivity contribution in [3.05, 3.63) is 48.6 Å². The molecule has 0 atom stereocenters. The fourth-order valence-corrected chi connectivity index (χ4v) is 6.86. The fraction of sp³-hybridized carbons (Fsp3) is 0.600. The van der Waals surface area contributed by atoms with Crippen LogP contribution in [0.25, 0.3) is 0 Å². The van der Waals surface area contributed by atoms with E-state index in [1.807, 2.05) is 0 Å². The predicted octanol–water partition coefficient (Wildman–Crippen LogP) is 6.87. The summed E-state index contributed by atoms with van der Waals surface area (Å²) in [6.45, 7) is 8.55. The van der Waals surface area contributed by atoms with E-state index >= 15 is 0 Å². The van der Waals surface area contributed by atoms with Crippen LogP contribution in [-0.2, 0) is 0 Å². The lowest BCUT2D eigenvalue weighted by atomic mass is 10.4. The highest BCUT2D eigenvalue weighted by atomic mass is 31.2. The van der Waals surface area contributed by atoms with Gasteiger partial charge in [0, 0.05) is 7.26 Å². The maximum atomic E-state index is 2.36. The van der Waals surface area contributed by atoms with Crippen molar-refractivity contribution < 1.29 is 0 Å². The van der Waals surface area contributed by atoms with Crippen molar-refractivity contribution in [3.8, 4) is 0 Å². The molecule has 21 heavy (non-hydrogen) atoms. The summed E-state index contributed by atoms with van der Waals surface area (Å²) in [7, 11) is -0.820. The van der Waals surface area contributed by atoms with Crippen LogP contribution in [0.4, 0.5) is 0 Å². The topological polar surface area (TPSA) is 0 Å². The molecule has 0 spiro atoms. The van der Waals surface area contributed by atoms with Gasteiger partial charge in [0.2, 0.25) is 0 Å². The summed E-state index contributed by atoms with van der Waals surface area (Å²) in [5.41, 5.74) is 0. The molecule has 1 heteroatoms. The van der Waals surface area contributed by atoms with Crippen molar-refractivity contribution in [2.45, 2.75) is 53.4 Å². The molecule has 0 aliphatic carbocycles. The van der Waals surface area contributed by atoms with Crippen molar-refractivity contribution in [2.75, 3.05) is 24.6 Å². The monoisotopic (exact) mass is 307 g/mol. The van der Waals surface area contributed by atoms with Gasteiger partial charge in [-0.2, -0.15) is 0 Å². The highest BCUT2D eigenvalue weighted by molar-refractivity contribution is 7.75. The molecule has 0 heterocycles. The van der Waals surface area contributed by atoms with Gasteiger partial charge in [0.1, 0.15) is 0 Å². The van der Waals surface area contributed by atoms with Crippen LogP contribution in [0.15, 0.2) is 48.6 Å². The summed E-state index contributed by atoms with van der Waals surface area (Å²) in [6.07, 6.45) is 29.1. The molecule has 0 aromatic heterocycles. The number of rotatable bonds is 12. The first-order valence-corrected chi connectivity index (χ1v) is 11.1. The van der Waals surface area contributed by atoms with Crippen molar-refractivity contribution in [2.24, 2.45) is 0 Å². The predicted molar refractivity (Wildman–Crippen MR) is 104 cm³/mol. The number of hydrogen-bond donors (Lipinski definition) is 0. The molecule has 0 aliphatic heterocycles. The minimum absolute atomic E-state index is 0.820. The van der Waals surface area contributed by atoms with Crippen LogP contribution in [0.2, 0.25) is 0 Å². The van der Waals surface area contributed by atoms with Gasteiger partial charge in [-0.05, 0) is 53.4 Å². The summed E-state index contributed by atoms with van der Waals surface area (Å²) < 4.78 is 0. The summed E-state index contributed by atoms with van der Waals surface area (Å²) in [5, 5.41) is 0. The lowest BCUT2D eigenvalue weighted by molar-refractivity contribution is 1.06. The Labute approximate surface area is 134 Å². The second-order valence-electron chi connectivity index (χ2n) is 5.67. The second kappa shape index (κ2) is 14.3. The van der Waals surface area contributed by atoms with E-state index in [1.54, 1.807) is 0 Å². The van der Waals surface area contributed by atoms with Gasteiger partial charge in [-0.3, -0.25) is 0 Å². The third-order valence-corrected chi connectivity index (χ3v) is 8.85. The van der Waals surface area contributed by atoms with E-state index in [2.05, 4.69) is 76.3 Å². The SMILES string of the molecule is CC=CCC[P+](CCC=CC)(CCC=CC)CCC=CC. The summed E-state index contributed by atoms with van der Waals surface area (Å²) in [4.78, 5) is 0. The van der Waals surface area contributed by atoms with Gasteiger partial charge in [0.05, 0.1) is 24.6 Å². The molecule has 0 nitrogen and oxygen atoms in total. The Balaban J connectivity index is 4.83. The van der Waals surface area contributed by atoms with Crippen LogP contribution in [0.3, 0.4) is 0 Å². The molecule has 0 radical (unpaired) electrons. The maximum Gasteiger partial charge on any atom is 0.0629 e. The van der Waals surface area contributed by atoms with Crippen LogP contribution >= 0.6 is 7.26 Å². The molecule has 0 saturated heterocycles. The van der Waals surface area contributed by atoms with Crippen molar-refractivity contribution in [1.29, 1.82) is 0 Å². The molecule has 0 aromatic rings. The highest BCUT2D eigenvalue weighted by Crippen LogP contribution is 2.60. The van der Waals surface area contributed by atoms with Crippen molar-refractivity contribution >= 4 is 7.26 Å². The minimum Gasteiger partial charge on any atom is -0.0915 e. The Hall–Kier alpha value is -0.610. The van der Waals surface area contributed by atoms with Gasteiger partial charge in [0.25, 0.3) is 0 Å². The number of hydrogen-bond acceptors (Lipinski definition) is 0. The zero-order valence-electron chi connectivity index (χ0n) is 14.7. The van der Waals surface area contributed by atoms with Crippen molar-refractivity contribution in [1.82, 2.24) is 0 Å². The van der Waals surface area contributed by atoms with Gasteiger partial charge in [-0.25, -0.2) is 0 Å². The maximum absolute atomic E-state index is 2.36. The first-order valence-electron chi connectivity index (χ1n) is 8.54. The summed E-state index contributed by atoms with van der Waals surface area (Å²) in [5.74, 6) is 0. The van der Waals surface area contributed by atoms with Gasteiger partial charge in [-0.15, -0.1) is 0 Å². The number of allylic oxidation sites excluding steroid dienone is 8. The standard InChI is InChI=1S/C20H36P/c1-5-9-13-17-21(18-14-10-6-2,19-15-11-7-3)20-16-12-8-4/h5-12H,13-20H2,1-4H3/q+1. The van der Waals surface area contributed by atoms with Crippen LogP contribution in [0.5, 0.6) is 0 Å². The van der Waals surface area contributed by atoms with Crippen LogP contribution in [0.1, 0.15) is 53.4 Å². The first-order chi connectivity index (χ1) is 10.2. The lowest BCUT2D eigenvalue weighted by Gasteiger charge is -2.26. The van der Waals surface area contributed by atoms with E-state index in [0.717, 1.165) is 0 Å². The molecule has 0 aliphatic rings. The van der Waals surface area contributed by atoms with Gasteiger partial charge in [0.15, 0.2) is 0 Å². The van der Waals surface area contributed by atoms with Crippen molar-refractivity contribution in [3.63, 3.8) is 0 Å². The summed E-state index contributed by atoms with van der Waals surface area (Å²) in [6, 6.07) is 0. The van der Waals surface area contributed by atoms with E-state index < -0.39 is 7.26 Å². The molecule has 0 rings (SSSR count). The molecule has 0 unspecified atom stereocenters. The van der Waals surface area contributed by atoms with E-state index in [9.17, 15) is 0 Å². The zero-order chi connectivity index (χ0) is 15.8. The molecule has 0 N–H and O–H groups in total. The smallest absolute Gasteiger partial charge is 0.0629 e. The Morgan fingerprint density at radius 2 is 0.714 bits per heavy atom. The molecule has 0 aromatic carbocycles. The van der Waals surface area contributed by atoms with Gasteiger partial charge in [-0.1, -0.05) is 48.6 Å². The van der Waals surface area contributed by atoms with E-state index in [4.69, 9.17) is 0 Å². The molecule has 0 amide bonds. The van der Waals surface area contributed by atoms with E-state index in [0.29, 0.717) is 0 Å². The zero-order valence-corrected chi connectivity index (χ0v) is 15.6. The van der Waals surface area contributed by atoms with Crippen LogP contribution in [0, 0.1) is 0 Å². The molecular formula is C20H36P+. The Kier molecular flexibility index (Phi) is 13.9. The largest absolute Gasteiger partial charge is 0.0915 e. The van der Waals surface area contributed by atoms with E-state index in [1.165, 1.54) is 50.3 Å². The molecule has 0 bridgehead atoms. The average molecular weight is 307 g/mol. The first kappa shape index (κ1) is 20.4. The Bertz CT molecular complexity index is 264. The van der Waals surface area contributed by atoms with Crippen LogP contribution < -0.4 is 0 Å². The lowest BCUT2D eigenvalue weighted by Crippen LogP contribution is -2.11. The third-order valence-electron chi connectivity index (χ3n) is 4.02. The molecule has 0 saturated carbocycles. The minimum atomic E-state index is -0.820. The Morgan fingerprint density at radius 1 is 0.476 bits per heavy atom. The second-order valence-corrected chi connectivity index (χ2v) is 10.1.